The van der Waals surface area contributed by atoms with Gasteiger partial charge >= 0.3 is 11.9 Å². The first-order valence-electron chi connectivity index (χ1n) is 21.6. The van der Waals surface area contributed by atoms with Crippen LogP contribution in [0.5, 0.6) is 5.88 Å². The lowest BCUT2D eigenvalue weighted by Crippen LogP contribution is -2.66. The van der Waals surface area contributed by atoms with E-state index in [0.717, 1.165) is 62.6 Å². The van der Waals surface area contributed by atoms with Crippen LogP contribution in [0.2, 0.25) is 0 Å². The summed E-state index contributed by atoms with van der Waals surface area (Å²) in [6.07, 6.45) is 9.37. The molecule has 0 radical (unpaired) electrons. The van der Waals surface area contributed by atoms with Crippen molar-refractivity contribution in [2.45, 2.75) is 158 Å². The van der Waals surface area contributed by atoms with Crippen LogP contribution in [-0.2, 0) is 31.1 Å². The molecule has 0 unspecified atom stereocenters. The molecule has 1 N–H and O–H groups in total. The predicted octanol–water partition coefficient (Wildman–Crippen LogP) is 9.02. The van der Waals surface area contributed by atoms with E-state index in [9.17, 15) is 24.3 Å². The summed E-state index contributed by atoms with van der Waals surface area (Å²) in [5, 5.41) is 9.66. The third-order valence-corrected chi connectivity index (χ3v) is 17.1. The van der Waals surface area contributed by atoms with Crippen molar-refractivity contribution in [1.82, 2.24) is 14.3 Å². The van der Waals surface area contributed by atoms with E-state index in [1.54, 1.807) is 37.9 Å². The third-order valence-electron chi connectivity index (χ3n) is 17.1. The van der Waals surface area contributed by atoms with Crippen LogP contribution in [0.15, 0.2) is 34.3 Å². The molecule has 0 aliphatic heterocycles. The molecule has 5 aliphatic carbocycles. The minimum atomic E-state index is -1.18. The number of hydrogen-bond acceptors (Lipinski definition) is 7. The maximum atomic E-state index is 14.5. The molecule has 10 nitrogen and oxygen atoms in total. The first-order valence-corrected chi connectivity index (χ1v) is 21.6. The van der Waals surface area contributed by atoms with Crippen molar-refractivity contribution >= 4 is 17.7 Å². The van der Waals surface area contributed by atoms with E-state index < -0.39 is 22.8 Å². The van der Waals surface area contributed by atoms with E-state index in [0.29, 0.717) is 41.9 Å². The van der Waals surface area contributed by atoms with Crippen molar-refractivity contribution in [3.8, 4) is 11.6 Å². The zero-order valence-electron chi connectivity index (χ0n) is 36.6. The van der Waals surface area contributed by atoms with Gasteiger partial charge in [-0.15, -0.1) is 0 Å². The van der Waals surface area contributed by atoms with Crippen LogP contribution >= 0.6 is 0 Å². The van der Waals surface area contributed by atoms with Gasteiger partial charge in [0.1, 0.15) is 6.10 Å². The number of ketones is 1. The molecule has 4 fully saturated rings. The van der Waals surface area contributed by atoms with Gasteiger partial charge in [-0.3, -0.25) is 23.9 Å². The number of aliphatic carboxylic acids is 1. The van der Waals surface area contributed by atoms with E-state index in [2.05, 4.69) is 65.1 Å². The van der Waals surface area contributed by atoms with Gasteiger partial charge in [-0.1, -0.05) is 48.5 Å². The highest BCUT2D eigenvalue weighted by Crippen LogP contribution is 2.77. The average molecular weight is 786 g/mol. The first kappa shape index (κ1) is 41.5. The molecule has 0 amide bonds. The number of pyridine rings is 1. The van der Waals surface area contributed by atoms with E-state index in [1.165, 1.54) is 5.57 Å². The normalized spacial score (nSPS) is 34.6. The van der Waals surface area contributed by atoms with Crippen LogP contribution in [0.25, 0.3) is 5.69 Å². The Bertz CT molecular complexity index is 2070. The van der Waals surface area contributed by atoms with Crippen molar-refractivity contribution < 1.29 is 29.0 Å². The van der Waals surface area contributed by atoms with Gasteiger partial charge in [-0.25, -0.2) is 9.67 Å². The molecular weight excluding hydrogens is 719 g/mol. The Morgan fingerprint density at radius 1 is 0.965 bits per heavy atom. The Kier molecular flexibility index (Phi) is 9.96. The molecular formula is C47H67N3O7. The van der Waals surface area contributed by atoms with Crippen LogP contribution in [0, 0.1) is 57.7 Å². The largest absolute Gasteiger partial charge is 0.481 e. The smallest absolute Gasteiger partial charge is 0.309 e. The minimum absolute atomic E-state index is 0.0132. The zero-order valence-corrected chi connectivity index (χ0v) is 36.6. The van der Waals surface area contributed by atoms with Gasteiger partial charge in [-0.2, -0.15) is 0 Å². The molecule has 2 heterocycles. The third kappa shape index (κ3) is 5.78. The van der Waals surface area contributed by atoms with Gasteiger partial charge in [0.2, 0.25) is 5.88 Å². The number of nitrogens with zero attached hydrogens (tertiary/aromatic N) is 3. The number of rotatable bonds is 9. The number of methoxy groups -OCH3 is 1. The van der Waals surface area contributed by atoms with Crippen molar-refractivity contribution in [2.24, 2.45) is 50.7 Å². The molecule has 57 heavy (non-hydrogen) atoms. The highest BCUT2D eigenvalue weighted by atomic mass is 16.5. The number of fused-ring (bicyclic) bond motifs is 7. The van der Waals surface area contributed by atoms with Gasteiger partial charge in [-0.05, 0) is 136 Å². The SMILES string of the molecule is CCn1c([C@@]23CC[C@]4(C)[C@H](CC[C@@H]5[C@@]6(C)CC[C@H](OC(=O)CC(C)(C)C(=O)O)C(C)(C)[C@@H]6CC[C@]54C)C2=C(C(C)C)C(=O)C3)c(C)c(=O)n1-c1ccc(OC)nc1. The highest BCUT2D eigenvalue weighted by Gasteiger charge is 2.70. The number of esters is 1. The molecule has 0 saturated heterocycles. The molecule has 0 spiro atoms. The lowest BCUT2D eigenvalue weighted by molar-refractivity contribution is -0.232. The average Bonchev–Trinajstić information content (AvgIpc) is 3.58. The second kappa shape index (κ2) is 13.7. The molecule has 0 bridgehead atoms. The Balaban J connectivity index is 1.27. The van der Waals surface area contributed by atoms with Gasteiger partial charge in [0.05, 0.1) is 36.5 Å². The molecule has 4 saturated carbocycles. The van der Waals surface area contributed by atoms with Crippen molar-refractivity contribution in [1.29, 1.82) is 0 Å². The molecule has 2 aromatic heterocycles. The van der Waals surface area contributed by atoms with Crippen LogP contribution in [0.1, 0.15) is 145 Å². The molecule has 7 rings (SSSR count). The van der Waals surface area contributed by atoms with E-state index in [4.69, 9.17) is 9.47 Å². The van der Waals surface area contributed by atoms with Gasteiger partial charge in [0.25, 0.3) is 5.56 Å². The van der Waals surface area contributed by atoms with E-state index in [1.807, 2.05) is 13.0 Å². The van der Waals surface area contributed by atoms with Crippen molar-refractivity contribution in [3.63, 3.8) is 0 Å². The number of carboxylic acids is 1. The molecule has 8 atom stereocenters. The number of aromatic nitrogens is 3. The Labute approximate surface area is 339 Å². The highest BCUT2D eigenvalue weighted by molar-refractivity contribution is 6.02. The van der Waals surface area contributed by atoms with Crippen molar-refractivity contribution in [2.75, 3.05) is 7.11 Å². The Hall–Kier alpha value is -3.69. The summed E-state index contributed by atoms with van der Waals surface area (Å²) in [6.45, 7) is 24.3. The van der Waals surface area contributed by atoms with Crippen LogP contribution in [0.3, 0.4) is 0 Å². The lowest BCUT2D eigenvalue weighted by atomic mass is 9.33. The first-order chi connectivity index (χ1) is 26.6. The molecule has 10 heteroatoms. The van der Waals surface area contributed by atoms with Gasteiger partial charge < -0.3 is 14.6 Å². The maximum Gasteiger partial charge on any atom is 0.309 e. The second-order valence-corrected chi connectivity index (χ2v) is 20.8. The van der Waals surface area contributed by atoms with Crippen molar-refractivity contribution in [3.05, 3.63) is 51.1 Å². The van der Waals surface area contributed by atoms with Gasteiger partial charge in [0.15, 0.2) is 5.78 Å². The zero-order chi connectivity index (χ0) is 41.8. The summed E-state index contributed by atoms with van der Waals surface area (Å²) in [5.74, 6) is 0.390. The summed E-state index contributed by atoms with van der Waals surface area (Å²) < 4.78 is 15.4. The van der Waals surface area contributed by atoms with Crippen LogP contribution in [-0.4, -0.2) is 50.4 Å². The summed E-state index contributed by atoms with van der Waals surface area (Å²) in [4.78, 5) is 58.3. The number of carbonyl (C=O) groups excluding carboxylic acids is 2. The quantitative estimate of drug-likeness (QED) is 0.250. The lowest BCUT2D eigenvalue weighted by Gasteiger charge is -2.72. The predicted molar refractivity (Wildman–Crippen MR) is 219 cm³/mol. The van der Waals surface area contributed by atoms with Gasteiger partial charge in [0, 0.05) is 35.4 Å². The van der Waals surface area contributed by atoms with Crippen LogP contribution in [0.4, 0.5) is 0 Å². The fourth-order valence-electron chi connectivity index (χ4n) is 14.2. The fraction of sp³-hybridized carbons (Fsp3) is 0.723. The molecule has 312 valence electrons. The maximum absolute atomic E-state index is 14.5. The number of carbonyl (C=O) groups is 3. The summed E-state index contributed by atoms with van der Waals surface area (Å²) in [6, 6.07) is 3.67. The summed E-state index contributed by atoms with van der Waals surface area (Å²) in [7, 11) is 1.58. The van der Waals surface area contributed by atoms with E-state index in [-0.39, 0.29) is 57.4 Å². The number of hydrogen-bond donors (Lipinski definition) is 1. The van der Waals surface area contributed by atoms with E-state index >= 15 is 0 Å². The molecule has 2 aromatic rings. The summed E-state index contributed by atoms with van der Waals surface area (Å²) in [5.41, 5.74) is 2.64. The Morgan fingerprint density at radius 3 is 2.26 bits per heavy atom. The summed E-state index contributed by atoms with van der Waals surface area (Å²) >= 11 is 0. The topological polar surface area (TPSA) is 130 Å². The number of carboxylic acid groups (broad SMARTS) is 1. The second-order valence-electron chi connectivity index (χ2n) is 20.8. The molecule has 5 aliphatic rings. The monoisotopic (exact) mass is 785 g/mol. The number of ether oxygens (including phenoxy) is 2. The standard InChI is InChI=1S/C47H67N3O7/c1-13-49-39(28(4)40(53)50(49)29-14-17-35(56-12)48-26-29)47-23-22-45(10)30(38(47)37(27(2)3)31(51)24-47)15-16-33-44(9)20-19-34(57-36(52)25-42(5,6)41(54)55)43(7,8)32(44)18-21-46(33,45)11/h14,17,26-27,30,32-34H,13,15-16,18-25H2,1-12H3,(H,54,55)/t30-,32+,33-,34+,44+,45-,46-,47-/m1/s1. The number of allylic oxidation sites excluding steroid dienone is 2. The Morgan fingerprint density at radius 2 is 1.67 bits per heavy atom. The minimum Gasteiger partial charge on any atom is -0.481 e. The molecule has 0 aromatic carbocycles. The number of Topliss-reactive ketones (excluding diaryl/α,β-unsaturated/α-hetero) is 1. The fourth-order valence-corrected chi connectivity index (χ4v) is 14.2. The van der Waals surface area contributed by atoms with Crippen LogP contribution < -0.4 is 10.3 Å².